The largest absolute Gasteiger partial charge is 0.493 e. The topological polar surface area (TPSA) is 60.5 Å². The molecule has 0 radical (unpaired) electrons. The minimum Gasteiger partial charge on any atom is -0.493 e. The van der Waals surface area contributed by atoms with Crippen LogP contribution in [0, 0.1) is 6.92 Å². The highest BCUT2D eigenvalue weighted by Gasteiger charge is 2.33. The van der Waals surface area contributed by atoms with E-state index < -0.39 is 17.8 Å². The van der Waals surface area contributed by atoms with Crippen molar-refractivity contribution in [3.05, 3.63) is 47.3 Å². The predicted molar refractivity (Wildman–Crippen MR) is 81.5 cm³/mol. The average Bonchev–Trinajstić information content (AvgIpc) is 2.53. The van der Waals surface area contributed by atoms with E-state index in [4.69, 9.17) is 9.47 Å². The molecule has 0 bridgehead atoms. The zero-order chi connectivity index (χ0) is 17.9. The number of amides is 1. The second-order valence-corrected chi connectivity index (χ2v) is 4.85. The van der Waals surface area contributed by atoms with Crippen molar-refractivity contribution >= 4 is 11.6 Å². The van der Waals surface area contributed by atoms with Crippen LogP contribution in [0.25, 0.3) is 0 Å². The van der Waals surface area contributed by atoms with E-state index in [2.05, 4.69) is 10.3 Å². The van der Waals surface area contributed by atoms with E-state index in [0.717, 1.165) is 12.1 Å². The first kappa shape index (κ1) is 17.6. The zero-order valence-corrected chi connectivity index (χ0v) is 13.2. The van der Waals surface area contributed by atoms with Gasteiger partial charge in [-0.05, 0) is 31.2 Å². The number of rotatable bonds is 4. The highest BCUT2D eigenvalue weighted by Crippen LogP contribution is 2.30. The van der Waals surface area contributed by atoms with Gasteiger partial charge in [-0.3, -0.25) is 4.79 Å². The summed E-state index contributed by atoms with van der Waals surface area (Å²) in [4.78, 5) is 15.7. The van der Waals surface area contributed by atoms with Gasteiger partial charge in [0.05, 0.1) is 25.5 Å². The number of hydrogen-bond acceptors (Lipinski definition) is 4. The fourth-order valence-electron chi connectivity index (χ4n) is 2.07. The normalized spacial score (nSPS) is 11.1. The molecule has 1 heterocycles. The first-order valence-corrected chi connectivity index (χ1v) is 6.84. The highest BCUT2D eigenvalue weighted by molar-refractivity contribution is 6.05. The molecule has 0 unspecified atom stereocenters. The first-order valence-electron chi connectivity index (χ1n) is 6.84. The fraction of sp³-hybridized carbons (Fsp3) is 0.250. The molecule has 1 N–H and O–H groups in total. The van der Waals surface area contributed by atoms with Gasteiger partial charge in [-0.25, -0.2) is 4.98 Å². The Balaban J connectivity index is 2.24. The molecule has 1 aromatic heterocycles. The molecule has 0 aliphatic heterocycles. The van der Waals surface area contributed by atoms with Gasteiger partial charge in [-0.2, -0.15) is 13.2 Å². The molecule has 0 saturated heterocycles. The number of carbonyl (C=O) groups excluding carboxylic acids is 1. The van der Waals surface area contributed by atoms with Crippen LogP contribution in [0.5, 0.6) is 11.5 Å². The van der Waals surface area contributed by atoms with Gasteiger partial charge in [0.2, 0.25) is 0 Å². The van der Waals surface area contributed by atoms with Gasteiger partial charge in [0.1, 0.15) is 5.69 Å². The lowest BCUT2D eigenvalue weighted by Gasteiger charge is -2.12. The Kier molecular flexibility index (Phi) is 4.96. The maximum Gasteiger partial charge on any atom is 0.433 e. The second kappa shape index (κ2) is 6.77. The monoisotopic (exact) mass is 340 g/mol. The van der Waals surface area contributed by atoms with Crippen molar-refractivity contribution in [2.45, 2.75) is 13.1 Å². The molecule has 0 spiro atoms. The first-order chi connectivity index (χ1) is 11.3. The lowest BCUT2D eigenvalue weighted by atomic mass is 10.1. The molecule has 8 heteroatoms. The van der Waals surface area contributed by atoms with Crippen LogP contribution in [0.3, 0.4) is 0 Å². The third kappa shape index (κ3) is 3.76. The van der Waals surface area contributed by atoms with E-state index in [-0.39, 0.29) is 11.3 Å². The van der Waals surface area contributed by atoms with Crippen LogP contribution < -0.4 is 14.8 Å². The molecule has 0 atom stereocenters. The molecule has 0 fully saturated rings. The average molecular weight is 340 g/mol. The summed E-state index contributed by atoms with van der Waals surface area (Å²) in [7, 11) is 2.93. The maximum absolute atomic E-state index is 12.6. The lowest BCUT2D eigenvalue weighted by molar-refractivity contribution is -0.141. The standard InChI is InChI=1S/C16H15F3N2O3/c1-9-11(5-7-14(20-9)16(17,18)19)15(22)21-10-4-6-12(23-2)13(8-10)24-3/h4-8H,1-3H3,(H,21,22). The van der Waals surface area contributed by atoms with Gasteiger partial charge in [-0.15, -0.1) is 0 Å². The summed E-state index contributed by atoms with van der Waals surface area (Å²) in [5.41, 5.74) is -0.583. The van der Waals surface area contributed by atoms with Gasteiger partial charge in [0.25, 0.3) is 5.91 Å². The zero-order valence-electron chi connectivity index (χ0n) is 13.2. The maximum atomic E-state index is 12.6. The number of nitrogens with one attached hydrogen (secondary N) is 1. The van der Waals surface area contributed by atoms with Crippen LogP contribution in [-0.4, -0.2) is 25.1 Å². The SMILES string of the molecule is COc1ccc(NC(=O)c2ccc(C(F)(F)F)nc2C)cc1OC. The number of methoxy groups -OCH3 is 2. The number of anilines is 1. The minimum absolute atomic E-state index is 0.0113. The highest BCUT2D eigenvalue weighted by atomic mass is 19.4. The molecule has 5 nitrogen and oxygen atoms in total. The van der Waals surface area contributed by atoms with Crippen molar-refractivity contribution in [3.63, 3.8) is 0 Å². The van der Waals surface area contributed by atoms with Gasteiger partial charge in [0, 0.05) is 11.8 Å². The number of nitrogens with zero attached hydrogens (tertiary/aromatic N) is 1. The Hall–Kier alpha value is -2.77. The number of pyridine rings is 1. The number of benzene rings is 1. The number of carbonyl (C=O) groups is 1. The molecule has 2 aromatic rings. The summed E-state index contributed by atoms with van der Waals surface area (Å²) in [5, 5.41) is 2.59. The predicted octanol–water partition coefficient (Wildman–Crippen LogP) is 3.68. The summed E-state index contributed by atoms with van der Waals surface area (Å²) < 4.78 is 48.1. The van der Waals surface area contributed by atoms with Crippen LogP contribution in [0.2, 0.25) is 0 Å². The van der Waals surface area contributed by atoms with E-state index in [9.17, 15) is 18.0 Å². The number of ether oxygens (including phenoxy) is 2. The minimum atomic E-state index is -4.55. The number of hydrogen-bond donors (Lipinski definition) is 1. The molecule has 1 amide bonds. The summed E-state index contributed by atoms with van der Waals surface area (Å²) in [6, 6.07) is 6.61. The molecular formula is C16H15F3N2O3. The Morgan fingerprint density at radius 3 is 2.29 bits per heavy atom. The van der Waals surface area contributed by atoms with E-state index in [1.807, 2.05) is 0 Å². The molecule has 1 aromatic carbocycles. The smallest absolute Gasteiger partial charge is 0.433 e. The van der Waals surface area contributed by atoms with Gasteiger partial charge in [-0.1, -0.05) is 0 Å². The fourth-order valence-corrected chi connectivity index (χ4v) is 2.07. The number of aromatic nitrogens is 1. The summed E-state index contributed by atoms with van der Waals surface area (Å²) >= 11 is 0. The Bertz CT molecular complexity index is 761. The van der Waals surface area contributed by atoms with Crippen LogP contribution in [0.15, 0.2) is 30.3 Å². The van der Waals surface area contributed by atoms with E-state index in [0.29, 0.717) is 17.2 Å². The number of halogens is 3. The molecule has 0 aliphatic rings. The Morgan fingerprint density at radius 1 is 1.08 bits per heavy atom. The molecule has 24 heavy (non-hydrogen) atoms. The second-order valence-electron chi connectivity index (χ2n) is 4.85. The van der Waals surface area contributed by atoms with Crippen molar-refractivity contribution in [1.82, 2.24) is 4.98 Å². The van der Waals surface area contributed by atoms with Crippen molar-refractivity contribution in [2.24, 2.45) is 0 Å². The van der Waals surface area contributed by atoms with Crippen LogP contribution in [0.4, 0.5) is 18.9 Å². The molecule has 0 aliphatic carbocycles. The number of alkyl halides is 3. The van der Waals surface area contributed by atoms with Crippen LogP contribution >= 0.6 is 0 Å². The van der Waals surface area contributed by atoms with Gasteiger partial charge < -0.3 is 14.8 Å². The summed E-state index contributed by atoms with van der Waals surface area (Å²) in [6.45, 7) is 1.35. The van der Waals surface area contributed by atoms with Crippen molar-refractivity contribution in [2.75, 3.05) is 19.5 Å². The lowest BCUT2D eigenvalue weighted by Crippen LogP contribution is -2.16. The van der Waals surface area contributed by atoms with Crippen LogP contribution in [-0.2, 0) is 6.18 Å². The van der Waals surface area contributed by atoms with Crippen molar-refractivity contribution < 1.29 is 27.4 Å². The molecule has 0 saturated carbocycles. The van der Waals surface area contributed by atoms with Gasteiger partial charge in [0.15, 0.2) is 11.5 Å². The Morgan fingerprint density at radius 2 is 1.75 bits per heavy atom. The number of aryl methyl sites for hydroxylation is 1. The molecule has 128 valence electrons. The van der Waals surface area contributed by atoms with Crippen LogP contribution in [0.1, 0.15) is 21.7 Å². The van der Waals surface area contributed by atoms with Gasteiger partial charge >= 0.3 is 6.18 Å². The molecular weight excluding hydrogens is 325 g/mol. The van der Waals surface area contributed by atoms with E-state index in [1.54, 1.807) is 18.2 Å². The van der Waals surface area contributed by atoms with Crippen molar-refractivity contribution in [3.8, 4) is 11.5 Å². The quantitative estimate of drug-likeness (QED) is 0.922. The van der Waals surface area contributed by atoms with Crippen molar-refractivity contribution in [1.29, 1.82) is 0 Å². The molecule has 2 rings (SSSR count). The summed E-state index contributed by atoms with van der Waals surface area (Å²) in [5.74, 6) is 0.335. The third-order valence-electron chi connectivity index (χ3n) is 3.26. The summed E-state index contributed by atoms with van der Waals surface area (Å²) in [6.07, 6.45) is -4.55. The Labute approximate surface area is 136 Å². The third-order valence-corrected chi connectivity index (χ3v) is 3.26. The van der Waals surface area contributed by atoms with E-state index >= 15 is 0 Å². The van der Waals surface area contributed by atoms with E-state index in [1.165, 1.54) is 21.1 Å².